The van der Waals surface area contributed by atoms with E-state index in [9.17, 15) is 13.6 Å². The Bertz CT molecular complexity index is 781. The Morgan fingerprint density at radius 2 is 2.00 bits per heavy atom. The minimum atomic E-state index is -0.753. The van der Waals surface area contributed by atoms with Crippen molar-refractivity contribution in [2.75, 3.05) is 13.1 Å². The Hall–Kier alpha value is -2.51. The molecule has 0 saturated carbocycles. The molecule has 1 atom stereocenters. The molecule has 26 heavy (non-hydrogen) atoms. The highest BCUT2D eigenvalue weighted by molar-refractivity contribution is 5.68. The van der Waals surface area contributed by atoms with Gasteiger partial charge in [-0.15, -0.1) is 0 Å². The lowest BCUT2D eigenvalue weighted by atomic mass is 9.98. The van der Waals surface area contributed by atoms with E-state index < -0.39 is 23.3 Å². The van der Waals surface area contributed by atoms with Crippen molar-refractivity contribution in [1.82, 2.24) is 15.0 Å². The topological polar surface area (TPSA) is 68.5 Å². The second kappa shape index (κ2) is 7.01. The molecule has 2 aromatic rings. The summed E-state index contributed by atoms with van der Waals surface area (Å²) in [6.07, 6.45) is 1.08. The number of carbonyl (C=O) groups is 1. The molecule has 1 aliphatic heterocycles. The zero-order valence-electron chi connectivity index (χ0n) is 15.0. The molecule has 8 heteroatoms. The first-order valence-corrected chi connectivity index (χ1v) is 8.50. The highest BCUT2D eigenvalue weighted by Gasteiger charge is 2.31. The van der Waals surface area contributed by atoms with Crippen LogP contribution in [-0.4, -0.2) is 39.8 Å². The first kappa shape index (κ1) is 18.3. The fourth-order valence-electron chi connectivity index (χ4n) is 2.89. The number of carbonyl (C=O) groups excluding carboxylic acids is 1. The third-order valence-electron chi connectivity index (χ3n) is 4.05. The molecule has 6 nitrogen and oxygen atoms in total. The van der Waals surface area contributed by atoms with E-state index in [1.165, 1.54) is 6.07 Å². The Morgan fingerprint density at radius 1 is 1.31 bits per heavy atom. The van der Waals surface area contributed by atoms with Crippen LogP contribution in [0.15, 0.2) is 22.7 Å². The highest BCUT2D eigenvalue weighted by atomic mass is 19.1. The van der Waals surface area contributed by atoms with Gasteiger partial charge >= 0.3 is 6.09 Å². The Morgan fingerprint density at radius 3 is 2.65 bits per heavy atom. The van der Waals surface area contributed by atoms with E-state index in [-0.39, 0.29) is 23.2 Å². The van der Waals surface area contributed by atoms with E-state index in [4.69, 9.17) is 9.26 Å². The van der Waals surface area contributed by atoms with Crippen molar-refractivity contribution in [3.63, 3.8) is 0 Å². The van der Waals surface area contributed by atoms with Crippen LogP contribution in [-0.2, 0) is 4.74 Å². The number of piperidine rings is 1. The van der Waals surface area contributed by atoms with E-state index >= 15 is 0 Å². The maximum absolute atomic E-state index is 13.9. The van der Waals surface area contributed by atoms with E-state index in [0.29, 0.717) is 13.1 Å². The molecule has 1 aromatic heterocycles. The molecule has 140 valence electrons. The van der Waals surface area contributed by atoms with Crippen molar-refractivity contribution in [3.8, 4) is 11.4 Å². The van der Waals surface area contributed by atoms with E-state index in [1.807, 2.05) is 0 Å². The Balaban J connectivity index is 1.76. The Labute approximate surface area is 150 Å². The van der Waals surface area contributed by atoms with Gasteiger partial charge in [-0.05, 0) is 45.7 Å². The van der Waals surface area contributed by atoms with Gasteiger partial charge in [-0.1, -0.05) is 11.2 Å². The lowest BCUT2D eigenvalue weighted by Gasteiger charge is -2.32. The molecule has 0 N–H and O–H groups in total. The molecule has 0 spiro atoms. The predicted molar refractivity (Wildman–Crippen MR) is 89.4 cm³/mol. The van der Waals surface area contributed by atoms with Crippen molar-refractivity contribution < 1.29 is 22.8 Å². The lowest BCUT2D eigenvalue weighted by molar-refractivity contribution is 0.0189. The van der Waals surface area contributed by atoms with E-state index in [1.54, 1.807) is 25.7 Å². The van der Waals surface area contributed by atoms with Crippen LogP contribution in [0, 0.1) is 11.6 Å². The number of ether oxygens (including phenoxy) is 1. The zero-order chi connectivity index (χ0) is 18.9. The fraction of sp³-hybridized carbons (Fsp3) is 0.500. The molecule has 1 unspecified atom stereocenters. The van der Waals surface area contributed by atoms with Crippen molar-refractivity contribution in [3.05, 3.63) is 35.7 Å². The van der Waals surface area contributed by atoms with Crippen LogP contribution in [0.2, 0.25) is 0 Å². The largest absolute Gasteiger partial charge is 0.444 e. The Kier molecular flexibility index (Phi) is 4.93. The summed E-state index contributed by atoms with van der Waals surface area (Å²) >= 11 is 0. The molecule has 2 heterocycles. The van der Waals surface area contributed by atoms with Crippen molar-refractivity contribution in [2.24, 2.45) is 0 Å². The molecule has 1 saturated heterocycles. The first-order chi connectivity index (χ1) is 12.2. The van der Waals surface area contributed by atoms with E-state index in [2.05, 4.69) is 10.1 Å². The van der Waals surface area contributed by atoms with Gasteiger partial charge in [0, 0.05) is 13.1 Å². The number of hydrogen-bond acceptors (Lipinski definition) is 5. The summed E-state index contributed by atoms with van der Waals surface area (Å²) in [6.45, 7) is 6.35. The number of aromatic nitrogens is 2. The third kappa shape index (κ3) is 4.00. The summed E-state index contributed by atoms with van der Waals surface area (Å²) in [5.41, 5.74) is -0.897. The average molecular weight is 365 g/mol. The smallest absolute Gasteiger partial charge is 0.410 e. The summed E-state index contributed by atoms with van der Waals surface area (Å²) in [4.78, 5) is 18.0. The number of halogens is 2. The van der Waals surface area contributed by atoms with Gasteiger partial charge in [0.1, 0.15) is 17.2 Å². The molecule has 0 bridgehead atoms. The van der Waals surface area contributed by atoms with Gasteiger partial charge < -0.3 is 14.2 Å². The number of rotatable bonds is 2. The highest BCUT2D eigenvalue weighted by Crippen LogP contribution is 2.30. The predicted octanol–water partition coefficient (Wildman–Crippen LogP) is 4.13. The second-order valence-corrected chi connectivity index (χ2v) is 7.32. The summed E-state index contributed by atoms with van der Waals surface area (Å²) in [7, 11) is 0. The summed E-state index contributed by atoms with van der Waals surface area (Å²) in [6, 6.07) is 3.55. The van der Waals surface area contributed by atoms with Gasteiger partial charge in [-0.2, -0.15) is 4.98 Å². The van der Waals surface area contributed by atoms with Crippen LogP contribution < -0.4 is 0 Å². The molecule has 1 amide bonds. The molecular formula is C18H21F2N3O3. The summed E-state index contributed by atoms with van der Waals surface area (Å²) in [5.74, 6) is -1.58. The van der Waals surface area contributed by atoms with Crippen LogP contribution in [0.5, 0.6) is 0 Å². The van der Waals surface area contributed by atoms with E-state index in [0.717, 1.165) is 25.0 Å². The SMILES string of the molecule is CC(C)(C)OC(=O)N1CCCC(c2nc(-c3c(F)cccc3F)no2)C1. The van der Waals surface area contributed by atoms with Crippen molar-refractivity contribution in [1.29, 1.82) is 0 Å². The zero-order valence-corrected chi connectivity index (χ0v) is 15.0. The van der Waals surface area contributed by atoms with Gasteiger partial charge in [-0.25, -0.2) is 13.6 Å². The molecule has 0 aliphatic carbocycles. The molecule has 0 radical (unpaired) electrons. The van der Waals surface area contributed by atoms with Crippen molar-refractivity contribution >= 4 is 6.09 Å². The number of likely N-dealkylation sites (tertiary alicyclic amines) is 1. The maximum atomic E-state index is 13.9. The minimum Gasteiger partial charge on any atom is -0.444 e. The van der Waals surface area contributed by atoms with Crippen LogP contribution >= 0.6 is 0 Å². The summed E-state index contributed by atoms with van der Waals surface area (Å²) < 4.78 is 38.4. The van der Waals surface area contributed by atoms with Crippen LogP contribution in [0.3, 0.4) is 0 Å². The monoisotopic (exact) mass is 365 g/mol. The number of benzene rings is 1. The molecule has 1 fully saturated rings. The summed E-state index contributed by atoms with van der Waals surface area (Å²) in [5, 5.41) is 3.71. The molecule has 1 aromatic carbocycles. The van der Waals surface area contributed by atoms with Gasteiger partial charge in [0.2, 0.25) is 11.7 Å². The number of nitrogens with zero attached hydrogens (tertiary/aromatic N) is 3. The second-order valence-electron chi connectivity index (χ2n) is 7.32. The maximum Gasteiger partial charge on any atom is 0.410 e. The molecule has 1 aliphatic rings. The van der Waals surface area contributed by atoms with Gasteiger partial charge in [-0.3, -0.25) is 0 Å². The minimum absolute atomic E-state index is 0.134. The van der Waals surface area contributed by atoms with Crippen LogP contribution in [0.1, 0.15) is 45.4 Å². The normalized spacial score (nSPS) is 18.0. The van der Waals surface area contributed by atoms with Gasteiger partial charge in [0.15, 0.2) is 0 Å². The van der Waals surface area contributed by atoms with Crippen molar-refractivity contribution in [2.45, 2.75) is 45.1 Å². The van der Waals surface area contributed by atoms with Gasteiger partial charge in [0.25, 0.3) is 0 Å². The molecule has 3 rings (SSSR count). The first-order valence-electron chi connectivity index (χ1n) is 8.50. The van der Waals surface area contributed by atoms with Crippen LogP contribution in [0.4, 0.5) is 13.6 Å². The fourth-order valence-corrected chi connectivity index (χ4v) is 2.89. The quantitative estimate of drug-likeness (QED) is 0.800. The third-order valence-corrected chi connectivity index (χ3v) is 4.05. The number of hydrogen-bond donors (Lipinski definition) is 0. The molecular weight excluding hydrogens is 344 g/mol. The van der Waals surface area contributed by atoms with Crippen LogP contribution in [0.25, 0.3) is 11.4 Å². The average Bonchev–Trinajstić information content (AvgIpc) is 3.03. The van der Waals surface area contributed by atoms with Gasteiger partial charge in [0.05, 0.1) is 11.5 Å². The number of amides is 1. The standard InChI is InChI=1S/C18H21F2N3O3/c1-18(2,3)25-17(24)23-9-5-6-11(10-23)16-21-15(22-26-16)14-12(19)7-4-8-13(14)20/h4,7-8,11H,5-6,9-10H2,1-3H3. The lowest BCUT2D eigenvalue weighted by Crippen LogP contribution is -2.42.